The van der Waals surface area contributed by atoms with Crippen molar-refractivity contribution in [3.63, 3.8) is 0 Å². The largest absolute Gasteiger partial charge is 0.359 e. The van der Waals surface area contributed by atoms with E-state index in [1.807, 2.05) is 9.80 Å². The molecule has 2 fully saturated rings. The van der Waals surface area contributed by atoms with Crippen molar-refractivity contribution in [2.45, 2.75) is 26.2 Å². The normalized spacial score (nSPS) is 23.3. The molecular formula is C16H28N4O3. The zero-order valence-corrected chi connectivity index (χ0v) is 14.2. The molecule has 0 aromatic heterocycles. The van der Waals surface area contributed by atoms with Gasteiger partial charge in [-0.1, -0.05) is 0 Å². The van der Waals surface area contributed by atoms with Crippen molar-refractivity contribution in [2.24, 2.45) is 5.92 Å². The predicted octanol–water partition coefficient (Wildman–Crippen LogP) is -0.475. The van der Waals surface area contributed by atoms with Gasteiger partial charge in [0.15, 0.2) is 0 Å². The molecule has 2 saturated heterocycles. The fourth-order valence-electron chi connectivity index (χ4n) is 3.31. The smallest absolute Gasteiger partial charge is 0.236 e. The lowest BCUT2D eigenvalue weighted by molar-refractivity contribution is -0.134. The van der Waals surface area contributed by atoms with E-state index >= 15 is 0 Å². The first-order valence-electron chi connectivity index (χ1n) is 8.48. The average Bonchev–Trinajstić information content (AvgIpc) is 2.77. The summed E-state index contributed by atoms with van der Waals surface area (Å²) in [5, 5.41) is 2.66. The molecular weight excluding hydrogens is 296 g/mol. The summed E-state index contributed by atoms with van der Waals surface area (Å²) in [5.41, 5.74) is 0. The highest BCUT2D eigenvalue weighted by atomic mass is 16.2. The summed E-state index contributed by atoms with van der Waals surface area (Å²) >= 11 is 0. The third kappa shape index (κ3) is 4.92. The molecule has 7 nitrogen and oxygen atoms in total. The molecule has 2 aliphatic heterocycles. The van der Waals surface area contributed by atoms with E-state index in [1.165, 1.54) is 13.3 Å². The Kier molecular flexibility index (Phi) is 6.38. The van der Waals surface area contributed by atoms with Crippen LogP contribution in [0.5, 0.6) is 0 Å². The Labute approximate surface area is 138 Å². The standard InChI is InChI=1S/C16H28N4O3/c1-13(21)20-9-8-18(10-14(11-20)16(23)17-2)12-15(22)19-6-4-3-5-7-19/h14H,3-12H2,1-2H3,(H,17,23). The third-order valence-corrected chi connectivity index (χ3v) is 4.74. The minimum absolute atomic E-state index is 0.0249. The van der Waals surface area contributed by atoms with Crippen LogP contribution in [0.3, 0.4) is 0 Å². The number of rotatable bonds is 3. The van der Waals surface area contributed by atoms with Gasteiger partial charge in [0.25, 0.3) is 0 Å². The van der Waals surface area contributed by atoms with Gasteiger partial charge in [0.1, 0.15) is 0 Å². The van der Waals surface area contributed by atoms with Crippen LogP contribution in [-0.4, -0.2) is 85.3 Å². The van der Waals surface area contributed by atoms with Crippen molar-refractivity contribution in [1.29, 1.82) is 0 Å². The van der Waals surface area contributed by atoms with E-state index in [9.17, 15) is 14.4 Å². The number of hydrogen-bond acceptors (Lipinski definition) is 4. The maximum Gasteiger partial charge on any atom is 0.236 e. The molecule has 1 unspecified atom stereocenters. The van der Waals surface area contributed by atoms with Gasteiger partial charge in [0.05, 0.1) is 12.5 Å². The lowest BCUT2D eigenvalue weighted by Crippen LogP contribution is -2.45. The summed E-state index contributed by atoms with van der Waals surface area (Å²) in [6.07, 6.45) is 3.34. The van der Waals surface area contributed by atoms with Crippen LogP contribution >= 0.6 is 0 Å². The lowest BCUT2D eigenvalue weighted by Gasteiger charge is -2.30. The first-order valence-corrected chi connectivity index (χ1v) is 8.48. The van der Waals surface area contributed by atoms with Crippen molar-refractivity contribution >= 4 is 17.7 Å². The van der Waals surface area contributed by atoms with Crippen LogP contribution in [0.1, 0.15) is 26.2 Å². The van der Waals surface area contributed by atoms with E-state index in [0.29, 0.717) is 32.7 Å². The summed E-state index contributed by atoms with van der Waals surface area (Å²) in [5.74, 6) is -0.256. The van der Waals surface area contributed by atoms with Gasteiger partial charge in [-0.15, -0.1) is 0 Å². The van der Waals surface area contributed by atoms with Crippen molar-refractivity contribution < 1.29 is 14.4 Å². The summed E-state index contributed by atoms with van der Waals surface area (Å²) < 4.78 is 0. The molecule has 1 N–H and O–H groups in total. The molecule has 0 bridgehead atoms. The quantitative estimate of drug-likeness (QED) is 0.761. The molecule has 0 radical (unpaired) electrons. The third-order valence-electron chi connectivity index (χ3n) is 4.74. The maximum absolute atomic E-state index is 12.4. The zero-order chi connectivity index (χ0) is 16.8. The first-order chi connectivity index (χ1) is 11.0. The van der Waals surface area contributed by atoms with Crippen LogP contribution < -0.4 is 5.32 Å². The monoisotopic (exact) mass is 324 g/mol. The van der Waals surface area contributed by atoms with Crippen LogP contribution in [0.2, 0.25) is 0 Å². The van der Waals surface area contributed by atoms with E-state index in [-0.39, 0.29) is 23.6 Å². The predicted molar refractivity (Wildman–Crippen MR) is 86.7 cm³/mol. The van der Waals surface area contributed by atoms with Crippen molar-refractivity contribution in [2.75, 3.05) is 52.9 Å². The van der Waals surface area contributed by atoms with Crippen LogP contribution in [0.25, 0.3) is 0 Å². The van der Waals surface area contributed by atoms with E-state index in [1.54, 1.807) is 11.9 Å². The summed E-state index contributed by atoms with van der Waals surface area (Å²) in [6.45, 7) is 5.67. The first kappa shape index (κ1) is 17.7. The highest BCUT2D eigenvalue weighted by Crippen LogP contribution is 2.13. The number of carbonyl (C=O) groups is 3. The maximum atomic E-state index is 12.4. The topological polar surface area (TPSA) is 73.0 Å². The van der Waals surface area contributed by atoms with Gasteiger partial charge in [-0.25, -0.2) is 0 Å². The molecule has 130 valence electrons. The Morgan fingerprint density at radius 1 is 0.957 bits per heavy atom. The molecule has 2 aliphatic rings. The van der Waals surface area contributed by atoms with Gasteiger partial charge in [-0.05, 0) is 19.3 Å². The van der Waals surface area contributed by atoms with Crippen molar-refractivity contribution in [1.82, 2.24) is 20.0 Å². The number of nitrogens with one attached hydrogen (secondary N) is 1. The molecule has 23 heavy (non-hydrogen) atoms. The number of amides is 3. The van der Waals surface area contributed by atoms with Crippen LogP contribution in [0, 0.1) is 5.92 Å². The Bertz CT molecular complexity index is 449. The number of carbonyl (C=O) groups excluding carboxylic acids is 3. The zero-order valence-electron chi connectivity index (χ0n) is 14.2. The number of likely N-dealkylation sites (tertiary alicyclic amines) is 1. The summed E-state index contributed by atoms with van der Waals surface area (Å²) in [6, 6.07) is 0. The van der Waals surface area contributed by atoms with Gasteiger partial charge >= 0.3 is 0 Å². The molecule has 0 spiro atoms. The number of piperidine rings is 1. The van der Waals surface area contributed by atoms with Crippen molar-refractivity contribution in [3.8, 4) is 0 Å². The molecule has 1 atom stereocenters. The fraction of sp³-hybridized carbons (Fsp3) is 0.812. The average molecular weight is 324 g/mol. The Morgan fingerprint density at radius 3 is 2.26 bits per heavy atom. The van der Waals surface area contributed by atoms with Gasteiger partial charge in [0.2, 0.25) is 17.7 Å². The molecule has 2 rings (SSSR count). The highest BCUT2D eigenvalue weighted by Gasteiger charge is 2.30. The fourth-order valence-corrected chi connectivity index (χ4v) is 3.31. The second-order valence-corrected chi connectivity index (χ2v) is 6.45. The lowest BCUT2D eigenvalue weighted by atomic mass is 10.1. The minimum atomic E-state index is -0.291. The van der Waals surface area contributed by atoms with Gasteiger partial charge < -0.3 is 15.1 Å². The van der Waals surface area contributed by atoms with Crippen LogP contribution in [0.15, 0.2) is 0 Å². The van der Waals surface area contributed by atoms with Crippen molar-refractivity contribution in [3.05, 3.63) is 0 Å². The minimum Gasteiger partial charge on any atom is -0.359 e. The van der Waals surface area contributed by atoms with Crippen LogP contribution in [-0.2, 0) is 14.4 Å². The molecule has 0 aromatic carbocycles. The summed E-state index contributed by atoms with van der Waals surface area (Å²) in [7, 11) is 1.61. The number of hydrogen-bond donors (Lipinski definition) is 1. The van der Waals surface area contributed by atoms with E-state index in [0.717, 1.165) is 25.9 Å². The Morgan fingerprint density at radius 2 is 1.65 bits per heavy atom. The number of nitrogens with zero attached hydrogens (tertiary/aromatic N) is 3. The van der Waals surface area contributed by atoms with Crippen LogP contribution in [0.4, 0.5) is 0 Å². The van der Waals surface area contributed by atoms with E-state index in [2.05, 4.69) is 5.32 Å². The molecule has 0 aromatic rings. The molecule has 7 heteroatoms. The highest BCUT2D eigenvalue weighted by molar-refractivity contribution is 5.81. The SMILES string of the molecule is CNC(=O)C1CN(CC(=O)N2CCCCC2)CCN(C(C)=O)C1. The Hall–Kier alpha value is -1.63. The second-order valence-electron chi connectivity index (χ2n) is 6.45. The van der Waals surface area contributed by atoms with E-state index in [4.69, 9.17) is 0 Å². The van der Waals surface area contributed by atoms with E-state index < -0.39 is 0 Å². The van der Waals surface area contributed by atoms with Gasteiger partial charge in [-0.3, -0.25) is 19.3 Å². The Balaban J connectivity index is 1.98. The van der Waals surface area contributed by atoms with Gasteiger partial charge in [0, 0.05) is 53.2 Å². The summed E-state index contributed by atoms with van der Waals surface area (Å²) in [4.78, 5) is 41.8. The molecule has 0 saturated carbocycles. The molecule has 3 amide bonds. The second kappa shape index (κ2) is 8.29. The molecule has 0 aliphatic carbocycles. The molecule has 2 heterocycles. The van der Waals surface area contributed by atoms with Gasteiger partial charge in [-0.2, -0.15) is 0 Å².